The van der Waals surface area contributed by atoms with Crippen molar-refractivity contribution in [1.82, 2.24) is 39.4 Å². The predicted molar refractivity (Wildman–Crippen MR) is 328 cm³/mol. The molecule has 0 bridgehead atoms. The molecule has 4 aromatic carbocycles. The van der Waals surface area contributed by atoms with Crippen molar-refractivity contribution in [2.75, 3.05) is 40.8 Å². The normalized spacial score (nSPS) is 13.8. The number of hydrogen-bond donors (Lipinski definition) is 4. The van der Waals surface area contributed by atoms with Crippen molar-refractivity contribution in [3.05, 3.63) is 144 Å². The molecule has 0 saturated heterocycles. The van der Waals surface area contributed by atoms with Gasteiger partial charge in [0, 0.05) is 121 Å². The van der Waals surface area contributed by atoms with Crippen molar-refractivity contribution in [2.24, 2.45) is 25.7 Å². The fraction of sp³-hybridized carbons (Fsp3) is 0.439. The van der Waals surface area contributed by atoms with Gasteiger partial charge in [0.25, 0.3) is 0 Å². The highest BCUT2D eigenvalue weighted by atomic mass is 16.3. The van der Waals surface area contributed by atoms with E-state index in [1.165, 1.54) is 54.6 Å². The van der Waals surface area contributed by atoms with E-state index in [0.29, 0.717) is 24.7 Å². The fourth-order valence-electron chi connectivity index (χ4n) is 11.3. The van der Waals surface area contributed by atoms with Crippen LogP contribution in [0.3, 0.4) is 0 Å². The molecule has 0 aliphatic rings. The van der Waals surface area contributed by atoms with E-state index in [2.05, 4.69) is 10.6 Å². The molecule has 7 unspecified atom stereocenters. The second kappa shape index (κ2) is 31.6. The van der Waals surface area contributed by atoms with Crippen molar-refractivity contribution in [1.29, 1.82) is 0 Å². The highest BCUT2D eigenvalue weighted by molar-refractivity contribution is 5.98. The van der Waals surface area contributed by atoms with E-state index in [9.17, 15) is 33.9 Å². The number of nitrogens with one attached hydrogen (secondary N) is 2. The molecule has 6 aromatic rings. The Kier molecular flexibility index (Phi) is 24.5. The third-order valence-electron chi connectivity index (χ3n) is 16.0. The van der Waals surface area contributed by atoms with Crippen LogP contribution >= 0.6 is 0 Å². The minimum atomic E-state index is -1.61. The Morgan fingerprint density at radius 3 is 1.69 bits per heavy atom. The van der Waals surface area contributed by atoms with Gasteiger partial charge in [-0.2, -0.15) is 0 Å². The number of aliphatic hydroxyl groups is 1. The molecule has 0 saturated carbocycles. The summed E-state index contributed by atoms with van der Waals surface area (Å²) in [6.07, 6.45) is 4.70. The summed E-state index contributed by atoms with van der Waals surface area (Å²) in [6.45, 7) is 4.52. The molecular weight excluding hydrogens is 1080 g/mol. The van der Waals surface area contributed by atoms with Gasteiger partial charge in [-0.25, -0.2) is 0 Å². The summed E-state index contributed by atoms with van der Waals surface area (Å²) in [6, 6.07) is 27.1. The number of aliphatic hydroxyl groups excluding tert-OH is 1. The first-order chi connectivity index (χ1) is 40.7. The number of rotatable bonds is 33. The zero-order valence-corrected chi connectivity index (χ0v) is 50.4. The molecule has 85 heavy (non-hydrogen) atoms. The molecule has 7 atom stereocenters. The van der Waals surface area contributed by atoms with Gasteiger partial charge in [-0.05, 0) is 67.5 Å². The Balaban J connectivity index is 1.39. The molecule has 6 amide bonds. The number of ketones is 2. The summed E-state index contributed by atoms with van der Waals surface area (Å²) < 4.78 is 3.87. The number of para-hydroxylation sites is 2. The van der Waals surface area contributed by atoms with Gasteiger partial charge in [-0.1, -0.05) is 123 Å². The first-order valence-corrected chi connectivity index (χ1v) is 29.3. The number of aromatic nitrogens is 2. The number of amides is 6. The minimum Gasteiger partial charge on any atom is -0.391 e. The van der Waals surface area contributed by atoms with Gasteiger partial charge < -0.3 is 55.0 Å². The zero-order chi connectivity index (χ0) is 61.9. The van der Waals surface area contributed by atoms with Crippen molar-refractivity contribution >= 4 is 75.1 Å². The number of hydrogen-bond acceptors (Lipinski definition) is 11. The Labute approximate surface area is 498 Å². The van der Waals surface area contributed by atoms with Gasteiger partial charge in [0.05, 0.1) is 18.7 Å². The van der Waals surface area contributed by atoms with E-state index in [1.807, 2.05) is 127 Å². The van der Waals surface area contributed by atoms with Crippen molar-refractivity contribution in [2.45, 2.75) is 128 Å². The maximum absolute atomic E-state index is 15.8. The van der Waals surface area contributed by atoms with Crippen molar-refractivity contribution in [3.63, 3.8) is 0 Å². The van der Waals surface area contributed by atoms with Crippen LogP contribution in [0.25, 0.3) is 21.8 Å². The molecule has 0 radical (unpaired) electrons. The van der Waals surface area contributed by atoms with Crippen molar-refractivity contribution < 1.29 is 48.3 Å². The number of Topliss-reactive ketones (excluding diaryl/α,β-unsaturated/α-hetero) is 2. The Morgan fingerprint density at radius 2 is 1.15 bits per heavy atom. The lowest BCUT2D eigenvalue weighted by molar-refractivity contribution is -0.151. The summed E-state index contributed by atoms with van der Waals surface area (Å²) in [5, 5.41) is 18.7. The van der Waals surface area contributed by atoms with Crippen LogP contribution in [0.15, 0.2) is 122 Å². The van der Waals surface area contributed by atoms with Gasteiger partial charge in [0.2, 0.25) is 35.4 Å². The second-order valence-electron chi connectivity index (χ2n) is 22.4. The molecule has 6 rings (SSSR count). The molecule has 19 heteroatoms. The standard InChI is InChI=1S/C66H85N9O10/c1-9-10-13-31-56(62(81)69-61(45(3)78)66(85)74(8)57(37-47-25-16-12-17-26-47)65(84)75(34-33-67)41-44(2)77)72(6)64(83)58(39-50-43-71(5)55-30-21-19-28-52(50)55)73(7)63(82)48(38-49-42-70(4)54-29-20-18-27-51(49)54)40-59(79)53(68-60(80)32-22-35-76)36-46-23-14-11-15-24-46/h11-12,14-21,23-30,35,42-43,45,48,53,56-58,61,78H,9-10,13,22,31-34,36-41,67H2,1-8H3,(H,68,80)(H,69,81). The monoisotopic (exact) mass is 1160 g/mol. The first-order valence-electron chi connectivity index (χ1n) is 29.3. The number of unbranched alkanes of at least 4 members (excludes halogenated alkanes) is 2. The summed E-state index contributed by atoms with van der Waals surface area (Å²) in [5.74, 6) is -5.56. The fourth-order valence-corrected chi connectivity index (χ4v) is 11.3. The van der Waals surface area contributed by atoms with Gasteiger partial charge >= 0.3 is 0 Å². The molecule has 0 aliphatic carbocycles. The number of aryl methyl sites for hydroxylation is 2. The minimum absolute atomic E-state index is 0.0182. The quantitative estimate of drug-likeness (QED) is 0.0305. The molecule has 19 nitrogen and oxygen atoms in total. The van der Waals surface area contributed by atoms with Gasteiger partial charge in [-0.3, -0.25) is 38.4 Å². The SMILES string of the molecule is CCCCCC(C(=O)NC(C(=O)N(C)C(Cc1ccccc1)C(=O)N(CCN)CC(C)=O)C(C)O)N(C)C(=O)C(Cc1cn(C)c2ccccc12)N(C)C(=O)C(CC(=O)C(Cc1ccccc1)NC(=O)CCC=O)Cc1cn(C)c2ccccc12. The lowest BCUT2D eigenvalue weighted by Gasteiger charge is -2.37. The second-order valence-corrected chi connectivity index (χ2v) is 22.4. The van der Waals surface area contributed by atoms with E-state index in [4.69, 9.17) is 5.73 Å². The molecule has 0 aliphatic heterocycles. The molecule has 0 spiro atoms. The number of fused-ring (bicyclic) bond motifs is 2. The molecule has 0 fully saturated rings. The van der Waals surface area contributed by atoms with E-state index in [1.54, 1.807) is 24.3 Å². The van der Waals surface area contributed by atoms with Crippen LogP contribution in [0.1, 0.15) is 88.0 Å². The number of benzene rings is 4. The van der Waals surface area contributed by atoms with Crippen LogP contribution in [0, 0.1) is 5.92 Å². The number of likely N-dealkylation sites (N-methyl/N-ethyl adjacent to an activating group) is 3. The lowest BCUT2D eigenvalue weighted by atomic mass is 9.88. The lowest BCUT2D eigenvalue weighted by Crippen LogP contribution is -2.62. The average molecular weight is 1160 g/mol. The average Bonchev–Trinajstić information content (AvgIpc) is 3.20. The maximum Gasteiger partial charge on any atom is 0.248 e. The highest BCUT2D eigenvalue weighted by Gasteiger charge is 2.42. The van der Waals surface area contributed by atoms with E-state index < -0.39 is 83.5 Å². The summed E-state index contributed by atoms with van der Waals surface area (Å²) in [5.41, 5.74) is 10.6. The van der Waals surface area contributed by atoms with Crippen LogP contribution < -0.4 is 16.4 Å². The largest absolute Gasteiger partial charge is 0.391 e. The molecule has 454 valence electrons. The zero-order valence-electron chi connectivity index (χ0n) is 50.4. The van der Waals surface area contributed by atoms with E-state index >= 15 is 14.4 Å². The molecule has 5 N–H and O–H groups in total. The van der Waals surface area contributed by atoms with Gasteiger partial charge in [-0.15, -0.1) is 0 Å². The number of nitrogens with zero attached hydrogens (tertiary/aromatic N) is 6. The summed E-state index contributed by atoms with van der Waals surface area (Å²) >= 11 is 0. The van der Waals surface area contributed by atoms with Crippen LogP contribution in [-0.4, -0.2) is 164 Å². The van der Waals surface area contributed by atoms with E-state index in [0.717, 1.165) is 44.9 Å². The van der Waals surface area contributed by atoms with Crippen LogP contribution in [-0.2, 0) is 82.9 Å². The predicted octanol–water partition coefficient (Wildman–Crippen LogP) is 5.28. The third kappa shape index (κ3) is 17.4. The highest BCUT2D eigenvalue weighted by Crippen LogP contribution is 2.29. The van der Waals surface area contributed by atoms with E-state index in [-0.39, 0.29) is 76.8 Å². The smallest absolute Gasteiger partial charge is 0.248 e. The Bertz CT molecular complexity index is 3270. The summed E-state index contributed by atoms with van der Waals surface area (Å²) in [7, 11) is 8.18. The molecular formula is C66H85N9O10. The maximum atomic E-state index is 15.8. The molecule has 2 heterocycles. The van der Waals surface area contributed by atoms with Gasteiger partial charge in [0.1, 0.15) is 36.2 Å². The number of nitrogens with two attached hydrogens (primary N) is 1. The first kappa shape index (κ1) is 65.9. The Morgan fingerprint density at radius 1 is 0.635 bits per heavy atom. The molecule has 2 aromatic heterocycles. The van der Waals surface area contributed by atoms with Crippen LogP contribution in [0.5, 0.6) is 0 Å². The number of aldehydes is 1. The topological polar surface area (TPSA) is 247 Å². The Hall–Kier alpha value is -8.29. The van der Waals surface area contributed by atoms with Crippen LogP contribution in [0.4, 0.5) is 0 Å². The van der Waals surface area contributed by atoms with Crippen molar-refractivity contribution in [3.8, 4) is 0 Å². The van der Waals surface area contributed by atoms with Crippen LogP contribution in [0.2, 0.25) is 0 Å². The summed E-state index contributed by atoms with van der Waals surface area (Å²) in [4.78, 5) is 133. The number of carbonyl (C=O) groups excluding carboxylic acids is 9. The third-order valence-corrected chi connectivity index (χ3v) is 16.0. The van der Waals surface area contributed by atoms with Gasteiger partial charge in [0.15, 0.2) is 5.78 Å². The number of carbonyl (C=O) groups is 9.